The first kappa shape index (κ1) is 16.6. The number of nitrogens with zero attached hydrogens (tertiary/aromatic N) is 2. The molecular weight excluding hydrogens is 322 g/mol. The maximum absolute atomic E-state index is 12.4. The maximum atomic E-state index is 12.4. The van der Waals surface area contributed by atoms with Crippen molar-refractivity contribution in [2.24, 2.45) is 0 Å². The van der Waals surface area contributed by atoms with E-state index in [-0.39, 0.29) is 5.91 Å². The van der Waals surface area contributed by atoms with Crippen molar-refractivity contribution in [1.29, 1.82) is 0 Å². The first-order chi connectivity index (χ1) is 12.7. The van der Waals surface area contributed by atoms with Crippen LogP contribution in [-0.2, 0) is 0 Å². The van der Waals surface area contributed by atoms with Gasteiger partial charge < -0.3 is 15.1 Å². The second kappa shape index (κ2) is 7.18. The van der Waals surface area contributed by atoms with Crippen molar-refractivity contribution >= 4 is 28.1 Å². The van der Waals surface area contributed by atoms with E-state index in [1.54, 1.807) is 0 Å². The highest BCUT2D eigenvalue weighted by Gasteiger charge is 2.16. The fourth-order valence-electron chi connectivity index (χ4n) is 3.45. The number of nitrogens with one attached hydrogen (secondary N) is 1. The minimum absolute atomic E-state index is 0.0815. The van der Waals surface area contributed by atoms with Crippen LogP contribution in [0.5, 0.6) is 0 Å². The van der Waals surface area contributed by atoms with Gasteiger partial charge in [0.1, 0.15) is 0 Å². The van der Waals surface area contributed by atoms with Crippen LogP contribution in [0.2, 0.25) is 0 Å². The summed E-state index contributed by atoms with van der Waals surface area (Å²) in [7, 11) is 2.16. The number of benzene rings is 3. The average Bonchev–Trinajstić information content (AvgIpc) is 2.69. The number of hydrogen-bond acceptors (Lipinski definition) is 3. The van der Waals surface area contributed by atoms with Crippen LogP contribution in [0.1, 0.15) is 10.4 Å². The number of hydrogen-bond donors (Lipinski definition) is 1. The molecule has 0 spiro atoms. The first-order valence-electron chi connectivity index (χ1n) is 9.03. The second-order valence-corrected chi connectivity index (χ2v) is 6.82. The third-order valence-electron chi connectivity index (χ3n) is 5.00. The molecule has 1 N–H and O–H groups in total. The van der Waals surface area contributed by atoms with E-state index >= 15 is 0 Å². The Bertz CT molecular complexity index is 915. The summed E-state index contributed by atoms with van der Waals surface area (Å²) in [6.45, 7) is 4.19. The van der Waals surface area contributed by atoms with Gasteiger partial charge in [0, 0.05) is 48.5 Å². The van der Waals surface area contributed by atoms with E-state index in [1.807, 2.05) is 36.4 Å². The molecule has 26 heavy (non-hydrogen) atoms. The first-order valence-corrected chi connectivity index (χ1v) is 9.03. The Balaban J connectivity index is 1.63. The lowest BCUT2D eigenvalue weighted by molar-refractivity contribution is 0.102. The van der Waals surface area contributed by atoms with Crippen LogP contribution in [0.25, 0.3) is 10.8 Å². The maximum Gasteiger partial charge on any atom is 0.255 e. The van der Waals surface area contributed by atoms with Gasteiger partial charge in [-0.05, 0) is 42.8 Å². The molecule has 1 saturated heterocycles. The van der Waals surface area contributed by atoms with E-state index in [1.165, 1.54) is 16.5 Å². The molecule has 4 nitrogen and oxygen atoms in total. The van der Waals surface area contributed by atoms with Crippen molar-refractivity contribution in [1.82, 2.24) is 4.90 Å². The summed E-state index contributed by atoms with van der Waals surface area (Å²) in [5, 5.41) is 5.40. The molecular formula is C22H23N3O. The molecule has 1 heterocycles. The summed E-state index contributed by atoms with van der Waals surface area (Å²) in [5.41, 5.74) is 2.74. The van der Waals surface area contributed by atoms with Crippen molar-refractivity contribution in [3.63, 3.8) is 0 Å². The molecule has 1 amide bonds. The summed E-state index contributed by atoms with van der Waals surface area (Å²) in [5.74, 6) is -0.0815. The van der Waals surface area contributed by atoms with E-state index in [0.717, 1.165) is 31.9 Å². The lowest BCUT2D eigenvalue weighted by atomic mass is 10.1. The van der Waals surface area contributed by atoms with E-state index in [4.69, 9.17) is 0 Å². The van der Waals surface area contributed by atoms with Gasteiger partial charge in [-0.1, -0.05) is 36.4 Å². The third-order valence-corrected chi connectivity index (χ3v) is 5.00. The quantitative estimate of drug-likeness (QED) is 0.783. The molecule has 132 valence electrons. The fourth-order valence-corrected chi connectivity index (χ4v) is 3.45. The zero-order chi connectivity index (χ0) is 17.9. The lowest BCUT2D eigenvalue weighted by Crippen LogP contribution is -2.44. The van der Waals surface area contributed by atoms with Gasteiger partial charge in [0.2, 0.25) is 0 Å². The van der Waals surface area contributed by atoms with Gasteiger partial charge in [0.25, 0.3) is 5.91 Å². The Kier molecular flexibility index (Phi) is 4.59. The zero-order valence-corrected chi connectivity index (χ0v) is 15.0. The Morgan fingerprint density at radius 2 is 1.65 bits per heavy atom. The van der Waals surface area contributed by atoms with Gasteiger partial charge in [-0.15, -0.1) is 0 Å². The summed E-state index contributed by atoms with van der Waals surface area (Å²) >= 11 is 0. The summed E-state index contributed by atoms with van der Waals surface area (Å²) in [6.07, 6.45) is 0. The highest BCUT2D eigenvalue weighted by molar-refractivity contribution is 6.06. The van der Waals surface area contributed by atoms with Crippen molar-refractivity contribution < 1.29 is 4.79 Å². The third kappa shape index (κ3) is 3.41. The summed E-state index contributed by atoms with van der Waals surface area (Å²) in [4.78, 5) is 17.2. The topological polar surface area (TPSA) is 35.6 Å². The van der Waals surface area contributed by atoms with Gasteiger partial charge in [0.15, 0.2) is 0 Å². The van der Waals surface area contributed by atoms with E-state index in [0.29, 0.717) is 5.56 Å². The molecule has 0 bridgehead atoms. The minimum Gasteiger partial charge on any atom is -0.368 e. The van der Waals surface area contributed by atoms with Crippen molar-refractivity contribution in [3.05, 3.63) is 72.3 Å². The smallest absolute Gasteiger partial charge is 0.255 e. The van der Waals surface area contributed by atoms with Crippen LogP contribution < -0.4 is 10.2 Å². The van der Waals surface area contributed by atoms with Gasteiger partial charge in [-0.2, -0.15) is 0 Å². The monoisotopic (exact) mass is 345 g/mol. The largest absolute Gasteiger partial charge is 0.368 e. The van der Waals surface area contributed by atoms with Crippen molar-refractivity contribution in [3.8, 4) is 0 Å². The molecule has 0 unspecified atom stereocenters. The molecule has 1 aliphatic rings. The van der Waals surface area contributed by atoms with Crippen LogP contribution in [0.15, 0.2) is 66.7 Å². The van der Waals surface area contributed by atoms with E-state index in [9.17, 15) is 4.79 Å². The summed E-state index contributed by atoms with van der Waals surface area (Å²) < 4.78 is 0. The normalized spacial score (nSPS) is 15.2. The number of likely N-dealkylation sites (N-methyl/N-ethyl adjacent to an activating group) is 1. The molecule has 4 heteroatoms. The van der Waals surface area contributed by atoms with E-state index in [2.05, 4.69) is 52.5 Å². The molecule has 1 aliphatic heterocycles. The highest BCUT2D eigenvalue weighted by Crippen LogP contribution is 2.30. The van der Waals surface area contributed by atoms with Gasteiger partial charge in [0.05, 0.1) is 0 Å². The minimum atomic E-state index is -0.0815. The van der Waals surface area contributed by atoms with Gasteiger partial charge in [-0.3, -0.25) is 4.79 Å². The highest BCUT2D eigenvalue weighted by atomic mass is 16.1. The Morgan fingerprint density at radius 1 is 0.885 bits per heavy atom. The number of piperazine rings is 1. The fraction of sp³-hybridized carbons (Fsp3) is 0.227. The van der Waals surface area contributed by atoms with Crippen molar-refractivity contribution in [2.45, 2.75) is 0 Å². The predicted octanol–water partition coefficient (Wildman–Crippen LogP) is 3.84. The predicted molar refractivity (Wildman–Crippen MR) is 108 cm³/mol. The molecule has 0 aliphatic carbocycles. The number of fused-ring (bicyclic) bond motifs is 1. The number of rotatable bonds is 3. The molecule has 0 radical (unpaired) electrons. The average molecular weight is 345 g/mol. The number of amides is 1. The molecule has 0 aromatic heterocycles. The van der Waals surface area contributed by atoms with Gasteiger partial charge in [-0.25, -0.2) is 0 Å². The Labute approximate surface area is 154 Å². The zero-order valence-electron chi connectivity index (χ0n) is 15.0. The van der Waals surface area contributed by atoms with Crippen LogP contribution in [0.4, 0.5) is 11.4 Å². The number of anilines is 2. The Morgan fingerprint density at radius 3 is 2.42 bits per heavy atom. The standard InChI is InChI=1S/C22H23N3O/c1-24-12-14-25(15-13-24)21-9-5-8-17-10-11-19(16-20(17)21)23-22(26)18-6-3-2-4-7-18/h2-11,16H,12-15H2,1H3,(H,23,26). The van der Waals surface area contributed by atoms with Crippen LogP contribution in [0, 0.1) is 0 Å². The van der Waals surface area contributed by atoms with Gasteiger partial charge >= 0.3 is 0 Å². The summed E-state index contributed by atoms with van der Waals surface area (Å²) in [6, 6.07) is 21.9. The van der Waals surface area contributed by atoms with Crippen molar-refractivity contribution in [2.75, 3.05) is 43.4 Å². The van der Waals surface area contributed by atoms with Crippen LogP contribution in [-0.4, -0.2) is 44.0 Å². The SMILES string of the molecule is CN1CCN(c2cccc3ccc(NC(=O)c4ccccc4)cc23)CC1. The molecule has 3 aromatic rings. The molecule has 0 saturated carbocycles. The van der Waals surface area contributed by atoms with Crippen LogP contribution in [0.3, 0.4) is 0 Å². The molecule has 0 atom stereocenters. The number of carbonyl (C=O) groups is 1. The van der Waals surface area contributed by atoms with E-state index < -0.39 is 0 Å². The number of carbonyl (C=O) groups excluding carboxylic acids is 1. The lowest BCUT2D eigenvalue weighted by Gasteiger charge is -2.34. The second-order valence-electron chi connectivity index (χ2n) is 6.82. The van der Waals surface area contributed by atoms with Crippen LogP contribution >= 0.6 is 0 Å². The molecule has 1 fully saturated rings. The molecule has 3 aromatic carbocycles. The molecule has 4 rings (SSSR count). The Hall–Kier alpha value is -2.85.